The van der Waals surface area contributed by atoms with Crippen LogP contribution in [-0.4, -0.2) is 19.7 Å². The molecule has 0 atom stereocenters. The zero-order valence-electron chi connectivity index (χ0n) is 8.33. The van der Waals surface area contributed by atoms with E-state index in [0.717, 1.165) is 4.47 Å². The lowest BCUT2D eigenvalue weighted by molar-refractivity contribution is -0.141. The molecule has 5 heteroatoms. The SMILES string of the molecule is COC(=O)CCOc1c(N)cccc1Br. The third-order valence-corrected chi connectivity index (χ3v) is 2.40. The molecule has 82 valence electrons. The van der Waals surface area contributed by atoms with Gasteiger partial charge in [-0.15, -0.1) is 0 Å². The molecule has 0 aromatic heterocycles. The Hall–Kier alpha value is -1.23. The molecule has 15 heavy (non-hydrogen) atoms. The number of hydrogen-bond acceptors (Lipinski definition) is 4. The number of anilines is 1. The van der Waals surface area contributed by atoms with Crippen molar-refractivity contribution in [1.82, 2.24) is 0 Å². The van der Waals surface area contributed by atoms with E-state index in [0.29, 0.717) is 11.4 Å². The van der Waals surface area contributed by atoms with E-state index in [1.54, 1.807) is 6.07 Å². The Morgan fingerprint density at radius 3 is 2.87 bits per heavy atom. The average molecular weight is 274 g/mol. The van der Waals surface area contributed by atoms with Crippen LogP contribution >= 0.6 is 15.9 Å². The molecule has 4 nitrogen and oxygen atoms in total. The number of hydrogen-bond donors (Lipinski definition) is 1. The number of para-hydroxylation sites is 1. The maximum atomic E-state index is 10.8. The second kappa shape index (κ2) is 5.60. The highest BCUT2D eigenvalue weighted by Crippen LogP contribution is 2.30. The van der Waals surface area contributed by atoms with E-state index in [1.165, 1.54) is 7.11 Å². The molecule has 0 saturated carbocycles. The van der Waals surface area contributed by atoms with Crippen LogP contribution in [0, 0.1) is 0 Å². The van der Waals surface area contributed by atoms with Gasteiger partial charge in [0.2, 0.25) is 0 Å². The fourth-order valence-electron chi connectivity index (χ4n) is 1.02. The number of benzene rings is 1. The highest BCUT2D eigenvalue weighted by Gasteiger charge is 2.06. The lowest BCUT2D eigenvalue weighted by Crippen LogP contribution is -2.08. The first-order valence-electron chi connectivity index (χ1n) is 4.38. The quantitative estimate of drug-likeness (QED) is 0.673. The predicted octanol–water partition coefficient (Wildman–Crippen LogP) is 1.97. The molecule has 0 radical (unpaired) electrons. The van der Waals surface area contributed by atoms with E-state index in [2.05, 4.69) is 20.7 Å². The smallest absolute Gasteiger partial charge is 0.308 e. The summed E-state index contributed by atoms with van der Waals surface area (Å²) in [6.45, 7) is 0.249. The van der Waals surface area contributed by atoms with E-state index in [9.17, 15) is 4.79 Å². The molecular weight excluding hydrogens is 262 g/mol. The molecule has 0 bridgehead atoms. The summed E-state index contributed by atoms with van der Waals surface area (Å²) in [5.74, 6) is 0.252. The Labute approximate surface area is 96.5 Å². The van der Waals surface area contributed by atoms with Crippen LogP contribution in [0.15, 0.2) is 22.7 Å². The number of ether oxygens (including phenoxy) is 2. The maximum absolute atomic E-state index is 10.8. The number of esters is 1. The van der Waals surface area contributed by atoms with Gasteiger partial charge in [0, 0.05) is 0 Å². The summed E-state index contributed by atoms with van der Waals surface area (Å²) in [5, 5.41) is 0. The first kappa shape index (κ1) is 11.8. The van der Waals surface area contributed by atoms with Crippen molar-refractivity contribution < 1.29 is 14.3 Å². The standard InChI is InChI=1S/C10H12BrNO3/c1-14-9(13)5-6-15-10-7(11)3-2-4-8(10)12/h2-4H,5-6,12H2,1H3. The van der Waals surface area contributed by atoms with Gasteiger partial charge in [0.15, 0.2) is 5.75 Å². The molecule has 0 amide bonds. The van der Waals surface area contributed by atoms with E-state index in [1.807, 2.05) is 12.1 Å². The minimum atomic E-state index is -0.305. The van der Waals surface area contributed by atoms with Gasteiger partial charge in [-0.3, -0.25) is 4.79 Å². The summed E-state index contributed by atoms with van der Waals surface area (Å²) in [6.07, 6.45) is 0.206. The molecule has 2 N–H and O–H groups in total. The molecule has 0 aliphatic rings. The van der Waals surface area contributed by atoms with Gasteiger partial charge in [0.25, 0.3) is 0 Å². The zero-order valence-corrected chi connectivity index (χ0v) is 9.91. The van der Waals surface area contributed by atoms with E-state index in [-0.39, 0.29) is 19.0 Å². The third kappa shape index (κ3) is 3.43. The van der Waals surface area contributed by atoms with Gasteiger partial charge < -0.3 is 15.2 Å². The van der Waals surface area contributed by atoms with Crippen molar-refractivity contribution in [2.75, 3.05) is 19.5 Å². The summed E-state index contributed by atoms with van der Waals surface area (Å²) >= 11 is 3.31. The highest BCUT2D eigenvalue weighted by molar-refractivity contribution is 9.10. The Morgan fingerprint density at radius 2 is 2.27 bits per heavy atom. The number of halogens is 1. The molecule has 1 aromatic carbocycles. The summed E-state index contributed by atoms with van der Waals surface area (Å²) < 4.78 is 10.6. The van der Waals surface area contributed by atoms with Crippen LogP contribution < -0.4 is 10.5 Å². The molecule has 0 unspecified atom stereocenters. The van der Waals surface area contributed by atoms with Crippen LogP contribution in [0.25, 0.3) is 0 Å². The summed E-state index contributed by atoms with van der Waals surface area (Å²) in [4.78, 5) is 10.8. The molecule has 0 spiro atoms. The van der Waals surface area contributed by atoms with Gasteiger partial charge in [-0.05, 0) is 28.1 Å². The van der Waals surface area contributed by atoms with Gasteiger partial charge in [-0.1, -0.05) is 6.07 Å². The first-order chi connectivity index (χ1) is 7.15. The van der Waals surface area contributed by atoms with E-state index < -0.39 is 0 Å². The largest absolute Gasteiger partial charge is 0.490 e. The molecule has 0 fully saturated rings. The first-order valence-corrected chi connectivity index (χ1v) is 5.18. The second-order valence-corrected chi connectivity index (χ2v) is 3.69. The van der Waals surface area contributed by atoms with Crippen molar-refractivity contribution in [1.29, 1.82) is 0 Å². The molecule has 1 aromatic rings. The molecule has 0 aliphatic heterocycles. The third-order valence-electron chi connectivity index (χ3n) is 1.78. The van der Waals surface area contributed by atoms with Crippen LogP contribution in [0.2, 0.25) is 0 Å². The monoisotopic (exact) mass is 273 g/mol. The average Bonchev–Trinajstić information content (AvgIpc) is 2.22. The number of rotatable bonds is 4. The number of carbonyl (C=O) groups excluding carboxylic acids is 1. The van der Waals surface area contributed by atoms with Crippen LogP contribution in [0.1, 0.15) is 6.42 Å². The van der Waals surface area contributed by atoms with Gasteiger partial charge in [0.1, 0.15) is 0 Å². The minimum Gasteiger partial charge on any atom is -0.490 e. The fraction of sp³-hybridized carbons (Fsp3) is 0.300. The van der Waals surface area contributed by atoms with Crippen molar-refractivity contribution in [2.24, 2.45) is 0 Å². The lowest BCUT2D eigenvalue weighted by Gasteiger charge is -2.09. The Bertz CT molecular complexity index is 334. The van der Waals surface area contributed by atoms with Crippen molar-refractivity contribution in [3.8, 4) is 5.75 Å². The number of methoxy groups -OCH3 is 1. The molecule has 1 rings (SSSR count). The lowest BCUT2D eigenvalue weighted by atomic mass is 10.3. The maximum Gasteiger partial charge on any atom is 0.308 e. The van der Waals surface area contributed by atoms with E-state index in [4.69, 9.17) is 10.5 Å². The van der Waals surface area contributed by atoms with Crippen LogP contribution in [0.5, 0.6) is 5.75 Å². The van der Waals surface area contributed by atoms with Crippen LogP contribution in [0.4, 0.5) is 5.69 Å². The fourth-order valence-corrected chi connectivity index (χ4v) is 1.51. The normalized spacial score (nSPS) is 9.73. The minimum absolute atomic E-state index is 0.206. The number of nitrogens with two attached hydrogens (primary N) is 1. The van der Waals surface area contributed by atoms with Gasteiger partial charge in [0.05, 0.1) is 30.3 Å². The van der Waals surface area contributed by atoms with Gasteiger partial charge in [-0.25, -0.2) is 0 Å². The topological polar surface area (TPSA) is 61.5 Å². The Balaban J connectivity index is 2.54. The van der Waals surface area contributed by atoms with Gasteiger partial charge in [-0.2, -0.15) is 0 Å². The van der Waals surface area contributed by atoms with Crippen LogP contribution in [0.3, 0.4) is 0 Å². The second-order valence-electron chi connectivity index (χ2n) is 2.83. The molecule has 0 heterocycles. The highest BCUT2D eigenvalue weighted by atomic mass is 79.9. The van der Waals surface area contributed by atoms with E-state index >= 15 is 0 Å². The molecular formula is C10H12BrNO3. The summed E-state index contributed by atoms with van der Waals surface area (Å²) in [6, 6.07) is 5.37. The van der Waals surface area contributed by atoms with Crippen LogP contribution in [-0.2, 0) is 9.53 Å². The van der Waals surface area contributed by atoms with Crippen molar-refractivity contribution in [2.45, 2.75) is 6.42 Å². The Morgan fingerprint density at radius 1 is 1.53 bits per heavy atom. The summed E-state index contributed by atoms with van der Waals surface area (Å²) in [7, 11) is 1.34. The predicted molar refractivity (Wildman–Crippen MR) is 60.7 cm³/mol. The summed E-state index contributed by atoms with van der Waals surface area (Å²) in [5.41, 5.74) is 6.24. The van der Waals surface area contributed by atoms with Gasteiger partial charge >= 0.3 is 5.97 Å². The van der Waals surface area contributed by atoms with Crippen molar-refractivity contribution in [3.05, 3.63) is 22.7 Å². The van der Waals surface area contributed by atoms with Crippen molar-refractivity contribution in [3.63, 3.8) is 0 Å². The number of nitrogen functional groups attached to an aromatic ring is 1. The van der Waals surface area contributed by atoms with Crippen molar-refractivity contribution >= 4 is 27.6 Å². The number of carbonyl (C=O) groups is 1. The molecule has 0 aliphatic carbocycles. The molecule has 0 saturated heterocycles. The Kier molecular flexibility index (Phi) is 4.42. The zero-order chi connectivity index (χ0) is 11.3.